The van der Waals surface area contributed by atoms with Crippen LogP contribution in [0.5, 0.6) is 0 Å². The van der Waals surface area contributed by atoms with Gasteiger partial charge in [-0.3, -0.25) is 10.1 Å². The molecule has 0 aliphatic heterocycles. The first-order valence-electron chi connectivity index (χ1n) is 6.23. The van der Waals surface area contributed by atoms with Crippen LogP contribution in [0.2, 0.25) is 5.02 Å². The van der Waals surface area contributed by atoms with Crippen molar-refractivity contribution in [3.8, 4) is 0 Å². The number of nitrogens with zero attached hydrogens (tertiary/aromatic N) is 1. The minimum absolute atomic E-state index is 0.00995. The van der Waals surface area contributed by atoms with Gasteiger partial charge >= 0.3 is 0 Å². The first kappa shape index (κ1) is 15.9. The van der Waals surface area contributed by atoms with Crippen molar-refractivity contribution in [1.29, 1.82) is 0 Å². The standard InChI is InChI=1S/C13H19ClN2O3/c1-3-4-11(9-19-2)15-8-10-5-6-12(16(17)18)7-13(10)14/h5-7,11,15H,3-4,8-9H2,1-2H3. The molecule has 0 aromatic heterocycles. The maximum absolute atomic E-state index is 10.6. The molecule has 0 saturated carbocycles. The molecule has 1 rings (SSSR count). The molecule has 0 amide bonds. The fraction of sp³-hybridized carbons (Fsp3) is 0.538. The minimum Gasteiger partial charge on any atom is -0.383 e. The van der Waals surface area contributed by atoms with E-state index in [0.29, 0.717) is 18.2 Å². The van der Waals surface area contributed by atoms with Crippen LogP contribution in [0.4, 0.5) is 5.69 Å². The summed E-state index contributed by atoms with van der Waals surface area (Å²) in [6, 6.07) is 4.79. The average molecular weight is 287 g/mol. The van der Waals surface area contributed by atoms with E-state index in [9.17, 15) is 10.1 Å². The SMILES string of the molecule is CCCC(COC)NCc1ccc([N+](=O)[O-])cc1Cl. The zero-order valence-electron chi connectivity index (χ0n) is 11.2. The summed E-state index contributed by atoms with van der Waals surface area (Å²) in [5.74, 6) is 0. The molecule has 5 nitrogen and oxygen atoms in total. The van der Waals surface area contributed by atoms with Gasteiger partial charge < -0.3 is 10.1 Å². The zero-order chi connectivity index (χ0) is 14.3. The number of rotatable bonds is 8. The number of methoxy groups -OCH3 is 1. The van der Waals surface area contributed by atoms with Crippen LogP contribution in [0.1, 0.15) is 25.3 Å². The number of hydrogen-bond acceptors (Lipinski definition) is 4. The van der Waals surface area contributed by atoms with Crippen molar-refractivity contribution >= 4 is 17.3 Å². The summed E-state index contributed by atoms with van der Waals surface area (Å²) in [5.41, 5.74) is 0.861. The van der Waals surface area contributed by atoms with Crippen molar-refractivity contribution in [3.63, 3.8) is 0 Å². The highest BCUT2D eigenvalue weighted by Gasteiger charge is 2.11. The molecule has 6 heteroatoms. The molecule has 0 radical (unpaired) electrons. The molecular formula is C13H19ClN2O3. The molecule has 0 spiro atoms. The van der Waals surface area contributed by atoms with Gasteiger partial charge in [-0.2, -0.15) is 0 Å². The number of benzene rings is 1. The number of nitrogens with one attached hydrogen (secondary N) is 1. The van der Waals surface area contributed by atoms with Crippen LogP contribution in [0.15, 0.2) is 18.2 Å². The van der Waals surface area contributed by atoms with Gasteiger partial charge in [0.15, 0.2) is 0 Å². The maximum Gasteiger partial charge on any atom is 0.270 e. The number of ether oxygens (including phenoxy) is 1. The lowest BCUT2D eigenvalue weighted by atomic mass is 10.1. The summed E-state index contributed by atoms with van der Waals surface area (Å²) in [4.78, 5) is 10.2. The van der Waals surface area contributed by atoms with Gasteiger partial charge in [-0.1, -0.05) is 24.9 Å². The van der Waals surface area contributed by atoms with Crippen molar-refractivity contribution in [2.24, 2.45) is 0 Å². The molecule has 0 heterocycles. The third-order valence-corrected chi connectivity index (χ3v) is 3.19. The predicted octanol–water partition coefficient (Wildman–Crippen LogP) is 3.15. The molecule has 0 saturated heterocycles. The Kier molecular flexibility index (Phi) is 6.77. The fourth-order valence-electron chi connectivity index (χ4n) is 1.84. The lowest BCUT2D eigenvalue weighted by Gasteiger charge is -2.17. The molecule has 1 aromatic carbocycles. The highest BCUT2D eigenvalue weighted by atomic mass is 35.5. The van der Waals surface area contributed by atoms with E-state index in [2.05, 4.69) is 12.2 Å². The molecule has 0 bridgehead atoms. The largest absolute Gasteiger partial charge is 0.383 e. The summed E-state index contributed by atoms with van der Waals surface area (Å²) in [5, 5.41) is 14.4. The topological polar surface area (TPSA) is 64.4 Å². The van der Waals surface area contributed by atoms with Crippen LogP contribution in [0.3, 0.4) is 0 Å². The molecule has 1 N–H and O–H groups in total. The second-order valence-corrected chi connectivity index (χ2v) is 4.76. The van der Waals surface area contributed by atoms with E-state index in [1.807, 2.05) is 0 Å². The smallest absolute Gasteiger partial charge is 0.270 e. The van der Waals surface area contributed by atoms with E-state index in [0.717, 1.165) is 18.4 Å². The summed E-state index contributed by atoms with van der Waals surface area (Å²) in [6.45, 7) is 3.33. The van der Waals surface area contributed by atoms with Gasteiger partial charge in [0.05, 0.1) is 16.6 Å². The summed E-state index contributed by atoms with van der Waals surface area (Å²) in [7, 11) is 1.67. The van der Waals surface area contributed by atoms with Crippen molar-refractivity contribution in [3.05, 3.63) is 38.9 Å². The Labute approximate surface area is 118 Å². The second kappa shape index (κ2) is 8.09. The number of nitro benzene ring substituents is 1. The average Bonchev–Trinajstić information content (AvgIpc) is 2.37. The molecule has 0 aliphatic rings. The summed E-state index contributed by atoms with van der Waals surface area (Å²) < 4.78 is 5.14. The third kappa shape index (κ3) is 5.14. The Morgan fingerprint density at radius 1 is 1.53 bits per heavy atom. The van der Waals surface area contributed by atoms with Crippen molar-refractivity contribution in [2.45, 2.75) is 32.4 Å². The van der Waals surface area contributed by atoms with Crippen LogP contribution in [0.25, 0.3) is 0 Å². The molecule has 1 unspecified atom stereocenters. The summed E-state index contributed by atoms with van der Waals surface area (Å²) in [6.07, 6.45) is 2.08. The lowest BCUT2D eigenvalue weighted by Crippen LogP contribution is -2.32. The van der Waals surface area contributed by atoms with Gasteiger partial charge in [0.1, 0.15) is 0 Å². The minimum atomic E-state index is -0.450. The lowest BCUT2D eigenvalue weighted by molar-refractivity contribution is -0.384. The Morgan fingerprint density at radius 2 is 2.26 bits per heavy atom. The van der Waals surface area contributed by atoms with Gasteiger partial charge in [-0.05, 0) is 18.1 Å². The van der Waals surface area contributed by atoms with Gasteiger partial charge in [0.2, 0.25) is 0 Å². The molecular weight excluding hydrogens is 268 g/mol. The predicted molar refractivity (Wildman–Crippen MR) is 75.5 cm³/mol. The molecule has 1 atom stereocenters. The van der Waals surface area contributed by atoms with Gasteiger partial charge in [-0.25, -0.2) is 0 Å². The van der Waals surface area contributed by atoms with E-state index < -0.39 is 4.92 Å². The van der Waals surface area contributed by atoms with Crippen molar-refractivity contribution in [1.82, 2.24) is 5.32 Å². The Hall–Kier alpha value is -1.17. The molecule has 1 aromatic rings. The highest BCUT2D eigenvalue weighted by molar-refractivity contribution is 6.31. The van der Waals surface area contributed by atoms with E-state index in [1.165, 1.54) is 12.1 Å². The van der Waals surface area contributed by atoms with Gasteiger partial charge in [0, 0.05) is 31.8 Å². The van der Waals surface area contributed by atoms with Crippen molar-refractivity contribution in [2.75, 3.05) is 13.7 Å². The molecule has 106 valence electrons. The highest BCUT2D eigenvalue weighted by Crippen LogP contribution is 2.22. The van der Waals surface area contributed by atoms with Gasteiger partial charge in [0.25, 0.3) is 5.69 Å². The van der Waals surface area contributed by atoms with E-state index >= 15 is 0 Å². The summed E-state index contributed by atoms with van der Waals surface area (Å²) >= 11 is 6.04. The van der Waals surface area contributed by atoms with Crippen LogP contribution in [-0.2, 0) is 11.3 Å². The Morgan fingerprint density at radius 3 is 2.79 bits per heavy atom. The van der Waals surface area contributed by atoms with Crippen LogP contribution in [0, 0.1) is 10.1 Å². The van der Waals surface area contributed by atoms with Gasteiger partial charge in [-0.15, -0.1) is 0 Å². The first-order chi connectivity index (χ1) is 9.08. The van der Waals surface area contributed by atoms with Crippen LogP contribution < -0.4 is 5.32 Å². The molecule has 19 heavy (non-hydrogen) atoms. The van der Waals surface area contributed by atoms with Crippen LogP contribution >= 0.6 is 11.6 Å². The molecule has 0 aliphatic carbocycles. The second-order valence-electron chi connectivity index (χ2n) is 4.35. The zero-order valence-corrected chi connectivity index (χ0v) is 11.9. The number of nitro groups is 1. The first-order valence-corrected chi connectivity index (χ1v) is 6.61. The Balaban J connectivity index is 2.63. The van der Waals surface area contributed by atoms with Crippen molar-refractivity contribution < 1.29 is 9.66 Å². The molecule has 0 fully saturated rings. The normalized spacial score (nSPS) is 12.4. The third-order valence-electron chi connectivity index (χ3n) is 2.83. The van der Waals surface area contributed by atoms with E-state index in [4.69, 9.17) is 16.3 Å². The fourth-order valence-corrected chi connectivity index (χ4v) is 2.08. The number of non-ortho nitro benzene ring substituents is 1. The maximum atomic E-state index is 10.6. The monoisotopic (exact) mass is 286 g/mol. The quantitative estimate of drug-likeness (QED) is 0.589. The number of hydrogen-bond donors (Lipinski definition) is 1. The Bertz CT molecular complexity index is 420. The van der Waals surface area contributed by atoms with E-state index in [1.54, 1.807) is 13.2 Å². The van der Waals surface area contributed by atoms with E-state index in [-0.39, 0.29) is 11.7 Å². The number of halogens is 1. The van der Waals surface area contributed by atoms with Crippen LogP contribution in [-0.4, -0.2) is 24.7 Å².